The molecule has 0 bridgehead atoms. The summed E-state index contributed by atoms with van der Waals surface area (Å²) in [6.07, 6.45) is 3.43. The van der Waals surface area contributed by atoms with Crippen molar-refractivity contribution in [1.82, 2.24) is 9.78 Å². The zero-order valence-corrected chi connectivity index (χ0v) is 12.1. The Labute approximate surface area is 109 Å². The third-order valence-corrected chi connectivity index (χ3v) is 3.44. The second kappa shape index (κ2) is 6.14. The minimum Gasteiger partial charge on any atom is -0.379 e. The molecule has 18 heavy (non-hydrogen) atoms. The van der Waals surface area contributed by atoms with Gasteiger partial charge in [-0.15, -0.1) is 0 Å². The molecule has 0 radical (unpaired) electrons. The van der Waals surface area contributed by atoms with E-state index in [0.717, 1.165) is 49.0 Å². The molecule has 1 heterocycles. The summed E-state index contributed by atoms with van der Waals surface area (Å²) in [6.45, 7) is 8.98. The van der Waals surface area contributed by atoms with Crippen LogP contribution in [0.5, 0.6) is 0 Å². The molecule has 1 rings (SSSR count). The first kappa shape index (κ1) is 14.9. The van der Waals surface area contributed by atoms with Gasteiger partial charge in [-0.05, 0) is 33.1 Å². The van der Waals surface area contributed by atoms with Crippen LogP contribution in [0, 0.1) is 0 Å². The number of aromatic nitrogens is 2. The van der Waals surface area contributed by atoms with E-state index in [1.165, 1.54) is 0 Å². The molecule has 4 nitrogen and oxygen atoms in total. The molecule has 0 saturated carbocycles. The van der Waals surface area contributed by atoms with Gasteiger partial charge in [0.2, 0.25) is 0 Å². The summed E-state index contributed by atoms with van der Waals surface area (Å²) < 4.78 is 7.37. The number of carbonyl (C=O) groups excluding carboxylic acids is 1. The van der Waals surface area contributed by atoms with E-state index in [4.69, 9.17) is 4.74 Å². The maximum Gasteiger partial charge on any atom is 0.153 e. The number of rotatable bonds is 7. The van der Waals surface area contributed by atoms with Crippen LogP contribution in [0.25, 0.3) is 0 Å². The quantitative estimate of drug-likeness (QED) is 0.701. The average Bonchev–Trinajstić information content (AvgIpc) is 2.73. The Morgan fingerprint density at radius 1 is 1.33 bits per heavy atom. The van der Waals surface area contributed by atoms with Gasteiger partial charge >= 0.3 is 0 Å². The van der Waals surface area contributed by atoms with Crippen molar-refractivity contribution in [3.63, 3.8) is 0 Å². The Bertz CT molecular complexity index is 408. The molecule has 0 N–H and O–H groups in total. The van der Waals surface area contributed by atoms with E-state index in [-0.39, 0.29) is 5.60 Å². The van der Waals surface area contributed by atoms with Crippen molar-refractivity contribution in [3.8, 4) is 0 Å². The Hall–Kier alpha value is -1.16. The van der Waals surface area contributed by atoms with Crippen LogP contribution in [0.1, 0.15) is 55.9 Å². The van der Waals surface area contributed by atoms with Gasteiger partial charge in [-0.25, -0.2) is 0 Å². The molecule has 0 atom stereocenters. The highest BCUT2D eigenvalue weighted by molar-refractivity contribution is 5.78. The molecule has 0 aliphatic rings. The van der Waals surface area contributed by atoms with E-state index in [2.05, 4.69) is 25.9 Å². The second-order valence-electron chi connectivity index (χ2n) is 5.07. The molecule has 1 aromatic rings. The highest BCUT2D eigenvalue weighted by Gasteiger charge is 2.19. The van der Waals surface area contributed by atoms with Crippen LogP contribution >= 0.6 is 0 Å². The molecule has 4 heteroatoms. The lowest BCUT2D eigenvalue weighted by atomic mass is 10.1. The summed E-state index contributed by atoms with van der Waals surface area (Å²) in [6, 6.07) is 0. The molecule has 0 unspecified atom stereocenters. The fourth-order valence-corrected chi connectivity index (χ4v) is 2.00. The summed E-state index contributed by atoms with van der Waals surface area (Å²) in [5.41, 5.74) is 2.55. The monoisotopic (exact) mass is 252 g/mol. The van der Waals surface area contributed by atoms with E-state index in [1.807, 2.05) is 11.6 Å². The van der Waals surface area contributed by atoms with E-state index in [0.29, 0.717) is 0 Å². The van der Waals surface area contributed by atoms with Gasteiger partial charge in [-0.3, -0.25) is 9.48 Å². The molecule has 0 aliphatic heterocycles. The predicted octanol–water partition coefficient (Wildman–Crippen LogP) is 2.64. The Morgan fingerprint density at radius 3 is 2.44 bits per heavy atom. The lowest BCUT2D eigenvalue weighted by Gasteiger charge is -2.23. The Kier molecular flexibility index (Phi) is 5.08. The van der Waals surface area contributed by atoms with Crippen LogP contribution in [-0.2, 0) is 24.1 Å². The summed E-state index contributed by atoms with van der Waals surface area (Å²) in [5.74, 6) is 0. The third kappa shape index (κ3) is 3.19. The van der Waals surface area contributed by atoms with Crippen LogP contribution < -0.4 is 0 Å². The van der Waals surface area contributed by atoms with Crippen LogP contribution in [0.3, 0.4) is 0 Å². The van der Waals surface area contributed by atoms with Gasteiger partial charge in [-0.2, -0.15) is 5.10 Å². The van der Waals surface area contributed by atoms with Crippen LogP contribution in [0.4, 0.5) is 0 Å². The molecule has 0 amide bonds. The highest BCUT2D eigenvalue weighted by Crippen LogP contribution is 2.18. The van der Waals surface area contributed by atoms with E-state index < -0.39 is 0 Å². The number of methoxy groups -OCH3 is 1. The molecule has 102 valence electrons. The van der Waals surface area contributed by atoms with Crippen molar-refractivity contribution in [3.05, 3.63) is 17.0 Å². The number of nitrogens with zero attached hydrogens (tertiary/aromatic N) is 2. The maximum absolute atomic E-state index is 11.2. The number of hydrogen-bond donors (Lipinski definition) is 0. The van der Waals surface area contributed by atoms with E-state index in [1.54, 1.807) is 7.11 Å². The van der Waals surface area contributed by atoms with Crippen LogP contribution in [-0.4, -0.2) is 28.8 Å². The zero-order chi connectivity index (χ0) is 13.8. The normalized spacial score (nSPS) is 11.8. The summed E-state index contributed by atoms with van der Waals surface area (Å²) >= 11 is 0. The minimum atomic E-state index is -0.162. The van der Waals surface area contributed by atoms with E-state index in [9.17, 15) is 4.79 Å². The molecular weight excluding hydrogens is 228 g/mol. The SMILES string of the molecule is CCc1nn(CCC(C)(C)OC)c(CC)c1C=O. The number of carbonyl (C=O) groups is 1. The molecule has 0 spiro atoms. The first-order valence-electron chi connectivity index (χ1n) is 6.58. The molecule has 0 saturated heterocycles. The van der Waals surface area contributed by atoms with E-state index >= 15 is 0 Å². The second-order valence-corrected chi connectivity index (χ2v) is 5.07. The first-order chi connectivity index (χ1) is 8.49. The highest BCUT2D eigenvalue weighted by atomic mass is 16.5. The maximum atomic E-state index is 11.2. The van der Waals surface area contributed by atoms with Crippen molar-refractivity contribution in [2.45, 2.75) is 59.1 Å². The lowest BCUT2D eigenvalue weighted by molar-refractivity contribution is 0.0111. The van der Waals surface area contributed by atoms with Crippen molar-refractivity contribution >= 4 is 6.29 Å². The predicted molar refractivity (Wildman–Crippen MR) is 72.1 cm³/mol. The molecular formula is C14H24N2O2. The summed E-state index contributed by atoms with van der Waals surface area (Å²) in [7, 11) is 1.72. The molecule has 0 aromatic carbocycles. The van der Waals surface area contributed by atoms with Gasteiger partial charge < -0.3 is 4.74 Å². The number of aldehydes is 1. The van der Waals surface area contributed by atoms with Gasteiger partial charge in [0.1, 0.15) is 0 Å². The zero-order valence-electron chi connectivity index (χ0n) is 12.1. The number of aryl methyl sites for hydroxylation is 2. The lowest BCUT2D eigenvalue weighted by Crippen LogP contribution is -2.25. The third-order valence-electron chi connectivity index (χ3n) is 3.44. The van der Waals surface area contributed by atoms with Crippen LogP contribution in [0.15, 0.2) is 0 Å². The van der Waals surface area contributed by atoms with Crippen molar-refractivity contribution in [1.29, 1.82) is 0 Å². The fraction of sp³-hybridized carbons (Fsp3) is 0.714. The summed E-state index contributed by atoms with van der Waals surface area (Å²) in [4.78, 5) is 11.2. The van der Waals surface area contributed by atoms with Crippen molar-refractivity contribution in [2.24, 2.45) is 0 Å². The van der Waals surface area contributed by atoms with Gasteiger partial charge in [0.05, 0.1) is 16.9 Å². The minimum absolute atomic E-state index is 0.162. The summed E-state index contributed by atoms with van der Waals surface area (Å²) in [5, 5.41) is 4.54. The smallest absolute Gasteiger partial charge is 0.153 e. The average molecular weight is 252 g/mol. The van der Waals surface area contributed by atoms with Crippen LogP contribution in [0.2, 0.25) is 0 Å². The van der Waals surface area contributed by atoms with Gasteiger partial charge in [0.15, 0.2) is 6.29 Å². The largest absolute Gasteiger partial charge is 0.379 e. The molecule has 0 aliphatic carbocycles. The Balaban J connectivity index is 2.95. The van der Waals surface area contributed by atoms with Gasteiger partial charge in [0, 0.05) is 19.3 Å². The number of ether oxygens (including phenoxy) is 1. The van der Waals surface area contributed by atoms with Crippen molar-refractivity contribution < 1.29 is 9.53 Å². The fourth-order valence-electron chi connectivity index (χ4n) is 2.00. The van der Waals surface area contributed by atoms with Gasteiger partial charge in [0.25, 0.3) is 0 Å². The van der Waals surface area contributed by atoms with Crippen molar-refractivity contribution in [2.75, 3.05) is 7.11 Å². The molecule has 1 aromatic heterocycles. The van der Waals surface area contributed by atoms with Gasteiger partial charge in [-0.1, -0.05) is 13.8 Å². The topological polar surface area (TPSA) is 44.1 Å². The first-order valence-corrected chi connectivity index (χ1v) is 6.58. The Morgan fingerprint density at radius 2 is 2.00 bits per heavy atom. The standard InChI is InChI=1S/C14H24N2O2/c1-6-12-11(10-17)13(7-2)16(15-12)9-8-14(3,4)18-5/h10H,6-9H2,1-5H3. The molecule has 0 fully saturated rings. The number of hydrogen-bond acceptors (Lipinski definition) is 3.